The molecule has 2 heteroatoms. The molecule has 0 spiro atoms. The van der Waals surface area contributed by atoms with Crippen molar-refractivity contribution >= 4 is 34.0 Å². The van der Waals surface area contributed by atoms with Crippen molar-refractivity contribution in [3.8, 4) is 66.8 Å². The van der Waals surface area contributed by atoms with Gasteiger partial charge >= 0.3 is 0 Å². The molecule has 0 saturated carbocycles. The molecule has 3 aliphatic rings. The monoisotopic (exact) mass is 1030 g/mol. The van der Waals surface area contributed by atoms with E-state index in [2.05, 4.69) is 317 Å². The molecular weight excluding hydrogens is 965 g/mol. The van der Waals surface area contributed by atoms with E-state index in [4.69, 9.17) is 0 Å². The van der Waals surface area contributed by atoms with Gasteiger partial charge in [-0.15, -0.1) is 0 Å². The first-order valence-corrected chi connectivity index (χ1v) is 28.3. The van der Waals surface area contributed by atoms with Crippen LogP contribution in [0.25, 0.3) is 72.3 Å². The highest BCUT2D eigenvalue weighted by Crippen LogP contribution is 2.52. The molecule has 2 nitrogen and oxygen atoms in total. The van der Waals surface area contributed by atoms with E-state index in [0.29, 0.717) is 0 Å². The molecule has 14 rings (SSSR count). The second-order valence-electron chi connectivity index (χ2n) is 22.9. The van der Waals surface area contributed by atoms with Crippen LogP contribution in [-0.4, -0.2) is 0 Å². The van der Waals surface area contributed by atoms with Crippen LogP contribution >= 0.6 is 0 Å². The molecule has 0 saturated heterocycles. The summed E-state index contributed by atoms with van der Waals surface area (Å²) in [5, 5.41) is 0. The minimum atomic E-state index is -0.111. The third kappa shape index (κ3) is 8.60. The lowest BCUT2D eigenvalue weighted by atomic mass is 9.82. The van der Waals surface area contributed by atoms with E-state index in [-0.39, 0.29) is 10.8 Å². The summed E-state index contributed by atoms with van der Waals surface area (Å²) in [5.74, 6) is 0. The maximum atomic E-state index is 2.49. The standard InChI is InChI=1S/C78H62N2/c1-77(2)73-27-13-11-25-69(73)71-47-45-67(51-75(71)77)79(63-37-29-55(30-38-63)53-17-7-5-8-18-53)65-41-33-57(34-42-65)59-21-15-23-61(49-59)62-24-16-22-60(50-62)58-35-43-66(44-36-58)80(64-39-31-56(32-40-64)54-19-9-6-10-20-54)68-46-48-72-70-26-12-14-28-74(70)78(3,4)76(72)52-68/h5-31,33-39,41-52H,32,40H2,1-4H3. The van der Waals surface area contributed by atoms with Crippen molar-refractivity contribution in [2.45, 2.75) is 51.4 Å². The second kappa shape index (κ2) is 19.7. The number of nitrogens with zero attached hydrogens (tertiary/aromatic N) is 2. The lowest BCUT2D eigenvalue weighted by Gasteiger charge is -2.31. The molecule has 0 bridgehead atoms. The summed E-state index contributed by atoms with van der Waals surface area (Å²) < 4.78 is 0. The highest BCUT2D eigenvalue weighted by atomic mass is 15.2. The third-order valence-electron chi connectivity index (χ3n) is 17.4. The molecular formula is C78H62N2. The molecule has 0 unspecified atom stereocenters. The number of anilines is 5. The van der Waals surface area contributed by atoms with Gasteiger partial charge in [0.05, 0.1) is 0 Å². The summed E-state index contributed by atoms with van der Waals surface area (Å²) in [7, 11) is 0. The maximum absolute atomic E-state index is 2.49. The van der Waals surface area contributed by atoms with Gasteiger partial charge < -0.3 is 9.80 Å². The molecule has 0 radical (unpaired) electrons. The Hall–Kier alpha value is -9.50. The number of fused-ring (bicyclic) bond motifs is 6. The normalized spacial score (nSPS) is 14.2. The number of benzene rings is 11. The largest absolute Gasteiger partial charge is 0.314 e. The first kappa shape index (κ1) is 48.8. The van der Waals surface area contributed by atoms with E-state index < -0.39 is 0 Å². The van der Waals surface area contributed by atoms with Crippen molar-refractivity contribution in [1.82, 2.24) is 0 Å². The average molecular weight is 1030 g/mol. The Morgan fingerprint density at radius 3 is 1.06 bits per heavy atom. The molecule has 384 valence electrons. The lowest BCUT2D eigenvalue weighted by Crippen LogP contribution is -2.20. The molecule has 80 heavy (non-hydrogen) atoms. The number of rotatable bonds is 11. The van der Waals surface area contributed by atoms with Gasteiger partial charge in [-0.1, -0.05) is 228 Å². The molecule has 11 aromatic rings. The third-order valence-corrected chi connectivity index (χ3v) is 17.4. The van der Waals surface area contributed by atoms with Crippen LogP contribution in [0.1, 0.15) is 68.4 Å². The van der Waals surface area contributed by atoms with E-state index in [0.717, 1.165) is 35.6 Å². The van der Waals surface area contributed by atoms with Crippen LogP contribution in [0.15, 0.2) is 285 Å². The van der Waals surface area contributed by atoms with Gasteiger partial charge in [0.2, 0.25) is 0 Å². The fraction of sp³-hybridized carbons (Fsp3) is 0.103. The predicted molar refractivity (Wildman–Crippen MR) is 338 cm³/mol. The van der Waals surface area contributed by atoms with Gasteiger partial charge in [-0.05, 0) is 192 Å². The zero-order valence-electron chi connectivity index (χ0n) is 45.9. The molecule has 11 aromatic carbocycles. The van der Waals surface area contributed by atoms with Gasteiger partial charge in [-0.2, -0.15) is 0 Å². The molecule has 0 heterocycles. The maximum Gasteiger partial charge on any atom is 0.0465 e. The Morgan fingerprint density at radius 1 is 0.250 bits per heavy atom. The predicted octanol–water partition coefficient (Wildman–Crippen LogP) is 21.3. The van der Waals surface area contributed by atoms with E-state index in [9.17, 15) is 0 Å². The van der Waals surface area contributed by atoms with Crippen LogP contribution in [0.4, 0.5) is 28.4 Å². The quantitative estimate of drug-likeness (QED) is 0.127. The average Bonchev–Trinajstić information content (AvgIpc) is 3.98. The van der Waals surface area contributed by atoms with Crippen molar-refractivity contribution in [2.24, 2.45) is 0 Å². The molecule has 0 fully saturated rings. The first-order chi connectivity index (χ1) is 39.2. The van der Waals surface area contributed by atoms with Gasteiger partial charge in [0.25, 0.3) is 0 Å². The van der Waals surface area contributed by atoms with Crippen molar-refractivity contribution in [3.63, 3.8) is 0 Å². The fourth-order valence-corrected chi connectivity index (χ4v) is 13.1. The van der Waals surface area contributed by atoms with Crippen LogP contribution in [0.3, 0.4) is 0 Å². The van der Waals surface area contributed by atoms with Gasteiger partial charge in [0.15, 0.2) is 0 Å². The SMILES string of the molecule is CC1(C)c2ccccc2-c2ccc(N(C3=CC=C(c4ccccc4)CC3)c3ccc(-c4cccc(-c5cccc(-c6ccc(N(c7ccc(-c8ccccc8)cc7)c7ccc8c(c7)C(C)(C)c7ccccc7-8)cc6)c5)c4)cc3)cc21. The Balaban J connectivity index is 0.760. The van der Waals surface area contributed by atoms with Gasteiger partial charge in [0.1, 0.15) is 0 Å². The minimum absolute atomic E-state index is 0.0945. The number of hydrogen-bond donors (Lipinski definition) is 0. The van der Waals surface area contributed by atoms with Crippen LogP contribution in [0.5, 0.6) is 0 Å². The number of hydrogen-bond acceptors (Lipinski definition) is 2. The summed E-state index contributed by atoms with van der Waals surface area (Å²) in [6, 6.07) is 98.7. The lowest BCUT2D eigenvalue weighted by molar-refractivity contribution is 0.660. The van der Waals surface area contributed by atoms with Crippen LogP contribution in [-0.2, 0) is 10.8 Å². The number of allylic oxidation sites excluding steroid dienone is 4. The summed E-state index contributed by atoms with van der Waals surface area (Å²) >= 11 is 0. The minimum Gasteiger partial charge on any atom is -0.314 e. The van der Waals surface area contributed by atoms with Crippen molar-refractivity contribution in [2.75, 3.05) is 9.80 Å². The van der Waals surface area contributed by atoms with E-state index in [1.807, 2.05) is 0 Å². The van der Waals surface area contributed by atoms with Crippen LogP contribution in [0.2, 0.25) is 0 Å². The molecule has 0 aromatic heterocycles. The highest BCUT2D eigenvalue weighted by Gasteiger charge is 2.37. The van der Waals surface area contributed by atoms with E-state index in [1.165, 1.54) is 112 Å². The van der Waals surface area contributed by atoms with Crippen molar-refractivity contribution in [1.29, 1.82) is 0 Å². The molecule has 0 atom stereocenters. The Labute approximate surface area is 472 Å². The second-order valence-corrected chi connectivity index (χ2v) is 22.9. The van der Waals surface area contributed by atoms with Gasteiger partial charge in [-0.3, -0.25) is 0 Å². The van der Waals surface area contributed by atoms with E-state index >= 15 is 0 Å². The van der Waals surface area contributed by atoms with Gasteiger partial charge in [-0.25, -0.2) is 0 Å². The molecule has 0 amide bonds. The summed E-state index contributed by atoms with van der Waals surface area (Å²) in [5.41, 5.74) is 29.8. The fourth-order valence-electron chi connectivity index (χ4n) is 13.1. The Morgan fingerprint density at radius 2 is 0.600 bits per heavy atom. The van der Waals surface area contributed by atoms with Gasteiger partial charge in [0, 0.05) is 45.0 Å². The summed E-state index contributed by atoms with van der Waals surface area (Å²) in [6.07, 6.45) is 6.60. The van der Waals surface area contributed by atoms with Crippen molar-refractivity contribution < 1.29 is 0 Å². The molecule has 0 aliphatic heterocycles. The molecule has 3 aliphatic carbocycles. The first-order valence-electron chi connectivity index (χ1n) is 28.3. The highest BCUT2D eigenvalue weighted by molar-refractivity contribution is 5.88. The smallest absolute Gasteiger partial charge is 0.0465 e. The van der Waals surface area contributed by atoms with Crippen molar-refractivity contribution in [3.05, 3.63) is 313 Å². The summed E-state index contributed by atoms with van der Waals surface area (Å²) in [6.45, 7) is 9.45. The zero-order valence-corrected chi connectivity index (χ0v) is 45.9. The Bertz CT molecular complexity index is 4200. The van der Waals surface area contributed by atoms with Crippen LogP contribution < -0.4 is 9.80 Å². The summed E-state index contributed by atoms with van der Waals surface area (Å²) in [4.78, 5) is 4.90. The van der Waals surface area contributed by atoms with E-state index in [1.54, 1.807) is 0 Å². The molecule has 0 N–H and O–H groups in total. The van der Waals surface area contributed by atoms with Crippen LogP contribution in [0, 0.1) is 0 Å². The topological polar surface area (TPSA) is 6.48 Å². The Kier molecular flexibility index (Phi) is 12.1. The zero-order chi connectivity index (χ0) is 54.0.